The van der Waals surface area contributed by atoms with Crippen LogP contribution in [0.3, 0.4) is 0 Å². The maximum absolute atomic E-state index is 12.5. The van der Waals surface area contributed by atoms with Gasteiger partial charge in [-0.2, -0.15) is 5.26 Å². The Bertz CT molecular complexity index is 686. The van der Waals surface area contributed by atoms with Gasteiger partial charge >= 0.3 is 0 Å². The fourth-order valence-corrected chi connectivity index (χ4v) is 2.89. The van der Waals surface area contributed by atoms with E-state index >= 15 is 0 Å². The molecule has 1 aliphatic heterocycles. The fourth-order valence-electron chi connectivity index (χ4n) is 2.89. The first kappa shape index (κ1) is 20.0. The molecule has 0 radical (unpaired) electrons. The Morgan fingerprint density at radius 1 is 1.38 bits per heavy atom. The van der Waals surface area contributed by atoms with Crippen molar-refractivity contribution >= 4 is 11.6 Å². The monoisotopic (exact) mass is 356 g/mol. The summed E-state index contributed by atoms with van der Waals surface area (Å²) in [5.74, 6) is -0.103. The molecule has 2 N–H and O–H groups in total. The molecule has 0 atom stereocenters. The number of rotatable bonds is 7. The molecule has 1 saturated heterocycles. The number of ether oxygens (including phenoxy) is 1. The van der Waals surface area contributed by atoms with Crippen molar-refractivity contribution in [1.82, 2.24) is 10.2 Å². The van der Waals surface area contributed by atoms with Crippen LogP contribution in [-0.4, -0.2) is 50.2 Å². The van der Waals surface area contributed by atoms with Gasteiger partial charge in [0.15, 0.2) is 0 Å². The van der Waals surface area contributed by atoms with Gasteiger partial charge in [0.2, 0.25) is 0 Å². The van der Waals surface area contributed by atoms with E-state index in [1.54, 1.807) is 0 Å². The van der Waals surface area contributed by atoms with Crippen molar-refractivity contribution in [2.45, 2.75) is 26.7 Å². The van der Waals surface area contributed by atoms with Gasteiger partial charge < -0.3 is 15.4 Å². The Hall–Kier alpha value is -2.36. The van der Waals surface area contributed by atoms with Gasteiger partial charge in [-0.05, 0) is 24.0 Å². The van der Waals surface area contributed by atoms with E-state index in [1.165, 1.54) is 6.20 Å². The van der Waals surface area contributed by atoms with E-state index in [4.69, 9.17) is 4.74 Å². The highest BCUT2D eigenvalue weighted by molar-refractivity contribution is 6.07. The summed E-state index contributed by atoms with van der Waals surface area (Å²) in [6.07, 6.45) is 1.50. The average molecular weight is 356 g/mol. The summed E-state index contributed by atoms with van der Waals surface area (Å²) in [4.78, 5) is 14.8. The zero-order valence-corrected chi connectivity index (χ0v) is 15.8. The Morgan fingerprint density at radius 3 is 2.77 bits per heavy atom. The quantitative estimate of drug-likeness (QED) is 0.446. The molecule has 26 heavy (non-hydrogen) atoms. The van der Waals surface area contributed by atoms with Gasteiger partial charge in [-0.3, -0.25) is 9.69 Å². The van der Waals surface area contributed by atoms with E-state index in [2.05, 4.69) is 29.4 Å². The summed E-state index contributed by atoms with van der Waals surface area (Å²) < 4.78 is 5.32. The van der Waals surface area contributed by atoms with Crippen LogP contribution in [0.4, 0.5) is 5.69 Å². The van der Waals surface area contributed by atoms with Crippen LogP contribution in [0.5, 0.6) is 0 Å². The molecule has 0 aliphatic carbocycles. The molecule has 1 fully saturated rings. The molecular formula is C20H28N4O2. The average Bonchev–Trinajstić information content (AvgIpc) is 2.64. The molecule has 140 valence electrons. The van der Waals surface area contributed by atoms with E-state index in [0.717, 1.165) is 49.7 Å². The molecule has 6 nitrogen and oxygen atoms in total. The second kappa shape index (κ2) is 9.95. The summed E-state index contributed by atoms with van der Waals surface area (Å²) in [7, 11) is 0. The number of amides is 1. The van der Waals surface area contributed by atoms with Crippen molar-refractivity contribution in [3.8, 4) is 6.07 Å². The predicted molar refractivity (Wildman–Crippen MR) is 103 cm³/mol. The number of aryl methyl sites for hydroxylation is 1. The largest absolute Gasteiger partial charge is 0.388 e. The first-order valence-corrected chi connectivity index (χ1v) is 9.07. The van der Waals surface area contributed by atoms with Gasteiger partial charge in [-0.1, -0.05) is 32.0 Å². The number of hydrogen-bond acceptors (Lipinski definition) is 5. The van der Waals surface area contributed by atoms with E-state index in [-0.39, 0.29) is 17.4 Å². The summed E-state index contributed by atoms with van der Waals surface area (Å²) >= 11 is 0. The normalized spacial score (nSPS) is 15.6. The number of nitriles is 1. The van der Waals surface area contributed by atoms with E-state index in [1.807, 2.05) is 31.2 Å². The summed E-state index contributed by atoms with van der Waals surface area (Å²) in [5.41, 5.74) is 2.92. The standard InChI is InChI=1S/C20H28N4O2/c1-15(2)18-6-4-5-16(3)19(18)23-20(25)17(13-21)14-22-7-8-24-9-11-26-12-10-24/h4-6,14-15,22H,7-12H2,1-3H3,(H,23,25)/b17-14-. The first-order valence-electron chi connectivity index (χ1n) is 9.07. The van der Waals surface area contributed by atoms with Crippen LogP contribution in [0.1, 0.15) is 30.9 Å². The molecule has 2 rings (SSSR count). The van der Waals surface area contributed by atoms with Crippen LogP contribution in [0, 0.1) is 18.3 Å². The van der Waals surface area contributed by atoms with Gasteiger partial charge in [0.1, 0.15) is 11.6 Å². The lowest BCUT2D eigenvalue weighted by Crippen LogP contribution is -2.39. The third-order valence-electron chi connectivity index (χ3n) is 4.45. The molecule has 0 unspecified atom stereocenters. The van der Waals surface area contributed by atoms with Gasteiger partial charge in [-0.15, -0.1) is 0 Å². The lowest BCUT2D eigenvalue weighted by Gasteiger charge is -2.26. The summed E-state index contributed by atoms with van der Waals surface area (Å²) in [6, 6.07) is 7.92. The van der Waals surface area contributed by atoms with Crippen LogP contribution >= 0.6 is 0 Å². The van der Waals surface area contributed by atoms with Gasteiger partial charge in [-0.25, -0.2) is 0 Å². The Morgan fingerprint density at radius 2 is 2.12 bits per heavy atom. The number of para-hydroxylation sites is 1. The third-order valence-corrected chi connectivity index (χ3v) is 4.45. The zero-order valence-electron chi connectivity index (χ0n) is 15.8. The zero-order chi connectivity index (χ0) is 18.9. The first-order chi connectivity index (χ1) is 12.5. The minimum atomic E-state index is -0.387. The van der Waals surface area contributed by atoms with Gasteiger partial charge in [0, 0.05) is 38.1 Å². The van der Waals surface area contributed by atoms with E-state index in [9.17, 15) is 10.1 Å². The Balaban J connectivity index is 1.95. The second-order valence-electron chi connectivity index (χ2n) is 6.73. The van der Waals surface area contributed by atoms with Crippen molar-refractivity contribution in [3.63, 3.8) is 0 Å². The van der Waals surface area contributed by atoms with Crippen molar-refractivity contribution in [3.05, 3.63) is 41.1 Å². The van der Waals surface area contributed by atoms with Crippen molar-refractivity contribution in [1.29, 1.82) is 5.26 Å². The maximum Gasteiger partial charge on any atom is 0.267 e. The van der Waals surface area contributed by atoms with Gasteiger partial charge in [0.25, 0.3) is 5.91 Å². The number of nitrogens with zero attached hydrogens (tertiary/aromatic N) is 2. The number of nitrogens with one attached hydrogen (secondary N) is 2. The van der Waals surface area contributed by atoms with E-state index in [0.29, 0.717) is 6.54 Å². The topological polar surface area (TPSA) is 77.4 Å². The van der Waals surface area contributed by atoms with Crippen LogP contribution in [0.15, 0.2) is 30.0 Å². The number of hydrogen-bond donors (Lipinski definition) is 2. The molecule has 1 aromatic rings. The summed E-state index contributed by atoms with van der Waals surface area (Å²) in [6.45, 7) is 11.0. The molecular weight excluding hydrogens is 328 g/mol. The molecule has 1 amide bonds. The molecule has 6 heteroatoms. The summed E-state index contributed by atoms with van der Waals surface area (Å²) in [5, 5.41) is 15.3. The second-order valence-corrected chi connectivity index (χ2v) is 6.73. The Labute approximate surface area is 155 Å². The SMILES string of the molecule is Cc1cccc(C(C)C)c1NC(=O)/C(C#N)=C\NCCN1CCOCC1. The van der Waals surface area contributed by atoms with Crippen molar-refractivity contribution in [2.75, 3.05) is 44.7 Å². The number of anilines is 1. The highest BCUT2D eigenvalue weighted by Gasteiger charge is 2.15. The highest BCUT2D eigenvalue weighted by atomic mass is 16.5. The minimum absolute atomic E-state index is 0.0740. The number of benzene rings is 1. The number of carbonyl (C=O) groups excluding carboxylic acids is 1. The van der Waals surface area contributed by atoms with Crippen LogP contribution < -0.4 is 10.6 Å². The molecule has 0 bridgehead atoms. The van der Waals surface area contributed by atoms with Crippen LogP contribution in [0.2, 0.25) is 0 Å². The molecule has 0 saturated carbocycles. The number of morpholine rings is 1. The van der Waals surface area contributed by atoms with Crippen LogP contribution in [0.25, 0.3) is 0 Å². The minimum Gasteiger partial charge on any atom is -0.388 e. The van der Waals surface area contributed by atoms with Crippen molar-refractivity contribution in [2.24, 2.45) is 0 Å². The fraction of sp³-hybridized carbons (Fsp3) is 0.500. The molecule has 1 heterocycles. The third kappa shape index (κ3) is 5.58. The Kier molecular flexibility index (Phi) is 7.64. The lowest BCUT2D eigenvalue weighted by atomic mass is 9.98. The van der Waals surface area contributed by atoms with Crippen molar-refractivity contribution < 1.29 is 9.53 Å². The molecule has 0 aromatic heterocycles. The number of carbonyl (C=O) groups is 1. The molecule has 1 aromatic carbocycles. The maximum atomic E-state index is 12.5. The van der Waals surface area contributed by atoms with Crippen LogP contribution in [-0.2, 0) is 9.53 Å². The van der Waals surface area contributed by atoms with Gasteiger partial charge in [0.05, 0.1) is 13.2 Å². The highest BCUT2D eigenvalue weighted by Crippen LogP contribution is 2.27. The lowest BCUT2D eigenvalue weighted by molar-refractivity contribution is -0.112. The molecule has 1 aliphatic rings. The smallest absolute Gasteiger partial charge is 0.267 e. The predicted octanol–water partition coefficient (Wildman–Crippen LogP) is 2.39. The molecule has 0 spiro atoms. The van der Waals surface area contributed by atoms with E-state index < -0.39 is 0 Å².